The van der Waals surface area contributed by atoms with E-state index in [9.17, 15) is 9.59 Å². The van der Waals surface area contributed by atoms with Gasteiger partial charge in [-0.2, -0.15) is 0 Å². The first kappa shape index (κ1) is 16.4. The van der Waals surface area contributed by atoms with Gasteiger partial charge in [0.25, 0.3) is 0 Å². The molecule has 0 saturated heterocycles. The summed E-state index contributed by atoms with van der Waals surface area (Å²) in [6.45, 7) is 3.63. The molecule has 26 heavy (non-hydrogen) atoms. The SMILES string of the molecule is COC(=O)c1c(C)n(C2CC2)c2ccc(OC(=O)c3cc(C)no3)cc12. The number of hydrogen-bond acceptors (Lipinski definition) is 6. The maximum absolute atomic E-state index is 12.3. The molecule has 0 bridgehead atoms. The Labute approximate surface area is 149 Å². The highest BCUT2D eigenvalue weighted by molar-refractivity contribution is 6.06. The topological polar surface area (TPSA) is 83.6 Å². The number of carbonyl (C=O) groups is 2. The summed E-state index contributed by atoms with van der Waals surface area (Å²) in [5.74, 6) is -0.679. The van der Waals surface area contributed by atoms with Gasteiger partial charge in [0.15, 0.2) is 0 Å². The molecule has 1 aliphatic rings. The predicted octanol–water partition coefficient (Wildman–Crippen LogP) is 3.59. The van der Waals surface area contributed by atoms with Crippen LogP contribution in [-0.2, 0) is 4.74 Å². The lowest BCUT2D eigenvalue weighted by Gasteiger charge is -2.06. The van der Waals surface area contributed by atoms with Gasteiger partial charge in [0, 0.05) is 28.7 Å². The fraction of sp³-hybridized carbons (Fsp3) is 0.316. The Morgan fingerprint density at radius 3 is 2.58 bits per heavy atom. The Morgan fingerprint density at radius 2 is 1.96 bits per heavy atom. The zero-order chi connectivity index (χ0) is 18.4. The second kappa shape index (κ2) is 6.01. The molecule has 0 atom stereocenters. The van der Waals surface area contributed by atoms with Gasteiger partial charge in [0.05, 0.1) is 18.4 Å². The molecule has 2 aromatic heterocycles. The van der Waals surface area contributed by atoms with Crippen molar-refractivity contribution in [1.82, 2.24) is 9.72 Å². The van der Waals surface area contributed by atoms with E-state index >= 15 is 0 Å². The van der Waals surface area contributed by atoms with Gasteiger partial charge in [-0.05, 0) is 44.9 Å². The summed E-state index contributed by atoms with van der Waals surface area (Å²) in [5.41, 5.74) is 2.89. The Morgan fingerprint density at radius 1 is 1.19 bits per heavy atom. The highest BCUT2D eigenvalue weighted by Crippen LogP contribution is 2.42. The molecule has 1 fully saturated rings. The Kier molecular flexibility index (Phi) is 3.79. The number of fused-ring (bicyclic) bond motifs is 1. The summed E-state index contributed by atoms with van der Waals surface area (Å²) in [7, 11) is 1.36. The predicted molar refractivity (Wildman–Crippen MR) is 92.5 cm³/mol. The zero-order valence-electron chi connectivity index (χ0n) is 14.7. The quantitative estimate of drug-likeness (QED) is 0.526. The van der Waals surface area contributed by atoms with E-state index in [2.05, 4.69) is 9.72 Å². The van der Waals surface area contributed by atoms with Gasteiger partial charge in [-0.25, -0.2) is 9.59 Å². The number of benzene rings is 1. The summed E-state index contributed by atoms with van der Waals surface area (Å²) in [6, 6.07) is 7.18. The van der Waals surface area contributed by atoms with E-state index in [0.717, 1.165) is 24.1 Å². The summed E-state index contributed by atoms with van der Waals surface area (Å²) < 4.78 is 17.4. The van der Waals surface area contributed by atoms with Crippen LogP contribution in [0, 0.1) is 13.8 Å². The first-order valence-electron chi connectivity index (χ1n) is 8.38. The third-order valence-electron chi connectivity index (χ3n) is 4.56. The lowest BCUT2D eigenvalue weighted by molar-refractivity contribution is 0.0601. The Balaban J connectivity index is 1.76. The second-order valence-electron chi connectivity index (χ2n) is 6.45. The van der Waals surface area contributed by atoms with Crippen LogP contribution < -0.4 is 4.74 Å². The van der Waals surface area contributed by atoms with E-state index in [1.807, 2.05) is 13.0 Å². The molecular formula is C19H18N2O5. The number of aryl methyl sites for hydroxylation is 1. The van der Waals surface area contributed by atoms with Crippen molar-refractivity contribution in [2.24, 2.45) is 0 Å². The standard InChI is InChI=1S/C19H18N2O5/c1-10-8-16(26-20-10)18(22)25-13-6-7-15-14(9-13)17(19(23)24-3)11(2)21(15)12-4-5-12/h6-9,12H,4-5H2,1-3H3. The first-order chi connectivity index (χ1) is 12.5. The molecule has 3 aromatic rings. The van der Waals surface area contributed by atoms with Crippen molar-refractivity contribution < 1.29 is 23.6 Å². The summed E-state index contributed by atoms with van der Waals surface area (Å²) >= 11 is 0. The molecule has 0 N–H and O–H groups in total. The third-order valence-corrected chi connectivity index (χ3v) is 4.56. The molecular weight excluding hydrogens is 336 g/mol. The summed E-state index contributed by atoms with van der Waals surface area (Å²) in [4.78, 5) is 24.5. The summed E-state index contributed by atoms with van der Waals surface area (Å²) in [5, 5.41) is 4.39. The minimum absolute atomic E-state index is 0.0301. The molecule has 2 heterocycles. The number of hydrogen-bond donors (Lipinski definition) is 0. The fourth-order valence-electron chi connectivity index (χ4n) is 3.27. The minimum atomic E-state index is -0.636. The van der Waals surface area contributed by atoms with Crippen LogP contribution in [-0.4, -0.2) is 28.8 Å². The van der Waals surface area contributed by atoms with Crippen molar-refractivity contribution in [1.29, 1.82) is 0 Å². The van der Waals surface area contributed by atoms with Crippen LogP contribution in [0.25, 0.3) is 10.9 Å². The number of esters is 2. The summed E-state index contributed by atoms with van der Waals surface area (Å²) in [6.07, 6.45) is 2.18. The largest absolute Gasteiger partial charge is 0.465 e. The van der Waals surface area contributed by atoms with E-state index in [0.29, 0.717) is 28.4 Å². The number of ether oxygens (including phenoxy) is 2. The molecule has 1 saturated carbocycles. The average Bonchev–Trinajstić information content (AvgIpc) is 3.28. The third kappa shape index (κ3) is 2.65. The molecule has 7 heteroatoms. The van der Waals surface area contributed by atoms with Gasteiger partial charge >= 0.3 is 11.9 Å². The number of rotatable bonds is 4. The molecule has 0 aliphatic heterocycles. The maximum atomic E-state index is 12.3. The van der Waals surface area contributed by atoms with Crippen LogP contribution in [0.4, 0.5) is 0 Å². The van der Waals surface area contributed by atoms with Crippen LogP contribution in [0.15, 0.2) is 28.8 Å². The Hall–Kier alpha value is -3.09. The van der Waals surface area contributed by atoms with Gasteiger partial charge in [0.2, 0.25) is 5.76 Å². The fourth-order valence-corrected chi connectivity index (χ4v) is 3.27. The second-order valence-corrected chi connectivity index (χ2v) is 6.45. The normalized spacial score (nSPS) is 13.8. The number of aromatic nitrogens is 2. The molecule has 1 aromatic carbocycles. The van der Waals surface area contributed by atoms with Crippen molar-refractivity contribution in [2.45, 2.75) is 32.7 Å². The molecule has 134 valence electrons. The van der Waals surface area contributed by atoms with Gasteiger partial charge in [-0.15, -0.1) is 0 Å². The van der Waals surface area contributed by atoms with Crippen molar-refractivity contribution >= 4 is 22.8 Å². The Bertz CT molecular complexity index is 1030. The van der Waals surface area contributed by atoms with Crippen LogP contribution in [0.3, 0.4) is 0 Å². The van der Waals surface area contributed by atoms with E-state index in [4.69, 9.17) is 14.0 Å². The molecule has 0 radical (unpaired) electrons. The van der Waals surface area contributed by atoms with Gasteiger partial charge in [-0.1, -0.05) is 5.16 Å². The molecule has 0 amide bonds. The zero-order valence-corrected chi connectivity index (χ0v) is 14.7. The lowest BCUT2D eigenvalue weighted by atomic mass is 10.1. The van der Waals surface area contributed by atoms with Gasteiger partial charge in [0.1, 0.15) is 5.75 Å². The van der Waals surface area contributed by atoms with Gasteiger partial charge < -0.3 is 18.6 Å². The monoisotopic (exact) mass is 354 g/mol. The number of carbonyl (C=O) groups excluding carboxylic acids is 2. The van der Waals surface area contributed by atoms with Gasteiger partial charge in [-0.3, -0.25) is 0 Å². The van der Waals surface area contributed by atoms with E-state index in [-0.39, 0.29) is 5.76 Å². The van der Waals surface area contributed by atoms with E-state index < -0.39 is 11.9 Å². The number of nitrogens with zero attached hydrogens (tertiary/aromatic N) is 2. The highest BCUT2D eigenvalue weighted by Gasteiger charge is 2.30. The highest BCUT2D eigenvalue weighted by atomic mass is 16.6. The van der Waals surface area contributed by atoms with E-state index in [1.165, 1.54) is 13.2 Å². The van der Waals surface area contributed by atoms with Crippen molar-refractivity contribution in [3.05, 3.63) is 47.0 Å². The molecule has 0 unspecified atom stereocenters. The molecule has 7 nitrogen and oxygen atoms in total. The molecule has 1 aliphatic carbocycles. The lowest BCUT2D eigenvalue weighted by Crippen LogP contribution is -2.07. The number of methoxy groups -OCH3 is 1. The van der Waals surface area contributed by atoms with E-state index in [1.54, 1.807) is 19.1 Å². The average molecular weight is 354 g/mol. The maximum Gasteiger partial charge on any atom is 0.382 e. The first-order valence-corrected chi connectivity index (χ1v) is 8.38. The van der Waals surface area contributed by atoms with Crippen LogP contribution in [0.5, 0.6) is 5.75 Å². The van der Waals surface area contributed by atoms with Crippen molar-refractivity contribution in [2.75, 3.05) is 7.11 Å². The van der Waals surface area contributed by atoms with Crippen molar-refractivity contribution in [3.63, 3.8) is 0 Å². The van der Waals surface area contributed by atoms with Crippen LogP contribution >= 0.6 is 0 Å². The van der Waals surface area contributed by atoms with Crippen LogP contribution in [0.1, 0.15) is 51.2 Å². The van der Waals surface area contributed by atoms with Crippen molar-refractivity contribution in [3.8, 4) is 5.75 Å². The van der Waals surface area contributed by atoms with Crippen LogP contribution in [0.2, 0.25) is 0 Å². The smallest absolute Gasteiger partial charge is 0.382 e. The minimum Gasteiger partial charge on any atom is -0.465 e. The molecule has 0 spiro atoms. The molecule has 4 rings (SSSR count).